The molecule has 1 heteroatoms. The molecule has 0 saturated heterocycles. The first-order valence-corrected chi connectivity index (χ1v) is 12.5. The molecule has 0 fully saturated rings. The molecule has 0 aliphatic rings. The lowest BCUT2D eigenvalue weighted by Crippen LogP contribution is -1.92. The van der Waals surface area contributed by atoms with E-state index in [1.54, 1.807) is 6.16 Å². The number of unbranched alkanes of at least 4 members (excludes halogenated alkanes) is 13. The third-order valence-corrected chi connectivity index (χ3v) is 7.74. The van der Waals surface area contributed by atoms with Crippen LogP contribution in [0.25, 0.3) is 0 Å². The van der Waals surface area contributed by atoms with Crippen LogP contribution in [0.15, 0.2) is 0 Å². The van der Waals surface area contributed by atoms with Gasteiger partial charge in [0.15, 0.2) is 0 Å². The van der Waals surface area contributed by atoms with Gasteiger partial charge < -0.3 is 0 Å². The van der Waals surface area contributed by atoms with Crippen molar-refractivity contribution in [2.24, 2.45) is 0 Å². The van der Waals surface area contributed by atoms with Crippen molar-refractivity contribution in [1.29, 1.82) is 0 Å². The van der Waals surface area contributed by atoms with Crippen LogP contribution in [0.4, 0.5) is 0 Å². The molecule has 0 heterocycles. The number of hydrogen-bond donors (Lipinski definition) is 0. The maximum Gasteiger partial charge on any atom is -0.0326 e. The van der Waals surface area contributed by atoms with E-state index in [4.69, 9.17) is 0 Å². The van der Waals surface area contributed by atoms with Gasteiger partial charge in [0.2, 0.25) is 0 Å². The molecule has 0 rings (SSSR count). The zero-order valence-corrected chi connectivity index (χ0v) is 17.1. The van der Waals surface area contributed by atoms with Gasteiger partial charge in [-0.1, -0.05) is 111 Å². The summed E-state index contributed by atoms with van der Waals surface area (Å²) in [4.78, 5) is 0. The Morgan fingerprint density at radius 3 is 1.18 bits per heavy atom. The lowest BCUT2D eigenvalue weighted by Gasteiger charge is -2.14. The summed E-state index contributed by atoms with van der Waals surface area (Å²) in [6.45, 7) is 7.04. The van der Waals surface area contributed by atoms with Crippen LogP contribution in [0.2, 0.25) is 0 Å². The van der Waals surface area contributed by atoms with Gasteiger partial charge in [-0.15, -0.1) is 7.92 Å². The molecule has 0 saturated carbocycles. The fraction of sp³-hybridized carbons (Fsp3) is 1.00. The summed E-state index contributed by atoms with van der Waals surface area (Å²) in [6, 6.07) is 0. The molecular formula is C21H45P. The molecule has 0 aliphatic carbocycles. The van der Waals surface area contributed by atoms with E-state index in [2.05, 4.69) is 20.8 Å². The highest BCUT2D eigenvalue weighted by Gasteiger charge is 2.03. The molecule has 134 valence electrons. The fourth-order valence-electron chi connectivity index (χ4n) is 3.27. The first-order chi connectivity index (χ1) is 10.8. The molecule has 0 bridgehead atoms. The van der Waals surface area contributed by atoms with E-state index in [1.807, 2.05) is 0 Å². The molecule has 0 aliphatic heterocycles. The first kappa shape index (κ1) is 22.4. The second-order valence-electron chi connectivity index (χ2n) is 7.03. The van der Waals surface area contributed by atoms with Gasteiger partial charge in [0.1, 0.15) is 0 Å². The highest BCUT2D eigenvalue weighted by molar-refractivity contribution is 7.57. The van der Waals surface area contributed by atoms with Crippen LogP contribution in [0, 0.1) is 0 Å². The number of rotatable bonds is 18. The van der Waals surface area contributed by atoms with Gasteiger partial charge in [-0.3, -0.25) is 0 Å². The Kier molecular flexibility index (Phi) is 19.9. The van der Waals surface area contributed by atoms with E-state index in [-0.39, 0.29) is 0 Å². The molecule has 22 heavy (non-hydrogen) atoms. The molecule has 0 N–H and O–H groups in total. The Morgan fingerprint density at radius 1 is 0.409 bits per heavy atom. The second kappa shape index (κ2) is 19.5. The maximum absolute atomic E-state index is 2.39. The standard InChI is InChI=1S/C21H45P/c1-4-7-8-9-10-11-12-13-14-15-16-17-18-19-21-22(6-3)20-5-2/h4-21H2,1-3H3. The van der Waals surface area contributed by atoms with Crippen LogP contribution in [0.3, 0.4) is 0 Å². The topological polar surface area (TPSA) is 0 Å². The van der Waals surface area contributed by atoms with Gasteiger partial charge in [0.05, 0.1) is 0 Å². The third kappa shape index (κ3) is 16.8. The Labute approximate surface area is 144 Å². The smallest absolute Gasteiger partial charge is 0.0326 e. The molecule has 0 nitrogen and oxygen atoms in total. The van der Waals surface area contributed by atoms with Gasteiger partial charge in [0.25, 0.3) is 0 Å². The molecule has 0 amide bonds. The van der Waals surface area contributed by atoms with E-state index >= 15 is 0 Å². The SMILES string of the molecule is CCCCCCCCCCCCCCCCP(CC)CCC. The van der Waals surface area contributed by atoms with Crippen LogP contribution in [0.5, 0.6) is 0 Å². The molecule has 1 unspecified atom stereocenters. The zero-order valence-electron chi connectivity index (χ0n) is 16.2. The molecule has 1 atom stereocenters. The molecule has 0 aromatic carbocycles. The van der Waals surface area contributed by atoms with Gasteiger partial charge in [-0.05, 0) is 24.9 Å². The Hall–Kier alpha value is 0.430. The van der Waals surface area contributed by atoms with Crippen molar-refractivity contribution in [1.82, 2.24) is 0 Å². The Morgan fingerprint density at radius 2 is 0.818 bits per heavy atom. The van der Waals surface area contributed by atoms with Gasteiger partial charge in [-0.25, -0.2) is 0 Å². The minimum absolute atomic E-state index is 0.401. The quantitative estimate of drug-likeness (QED) is 0.175. The summed E-state index contributed by atoms with van der Waals surface area (Å²) >= 11 is 0. The first-order valence-electron chi connectivity index (χ1n) is 10.6. The molecule has 0 spiro atoms. The van der Waals surface area contributed by atoms with Gasteiger partial charge in [-0.2, -0.15) is 0 Å². The molecule has 0 radical (unpaired) electrons. The minimum atomic E-state index is 0.401. The van der Waals surface area contributed by atoms with Crippen LogP contribution < -0.4 is 0 Å². The normalized spacial score (nSPS) is 12.7. The van der Waals surface area contributed by atoms with Gasteiger partial charge >= 0.3 is 0 Å². The Balaban J connectivity index is 3.08. The van der Waals surface area contributed by atoms with E-state index < -0.39 is 0 Å². The number of hydrogen-bond acceptors (Lipinski definition) is 0. The van der Waals surface area contributed by atoms with Crippen LogP contribution >= 0.6 is 7.92 Å². The van der Waals surface area contributed by atoms with E-state index in [1.165, 1.54) is 109 Å². The Bertz CT molecular complexity index is 190. The average molecular weight is 329 g/mol. The lowest BCUT2D eigenvalue weighted by atomic mass is 10.0. The van der Waals surface area contributed by atoms with Crippen LogP contribution in [-0.2, 0) is 0 Å². The lowest BCUT2D eigenvalue weighted by molar-refractivity contribution is 0.538. The summed E-state index contributed by atoms with van der Waals surface area (Å²) < 4.78 is 0. The summed E-state index contributed by atoms with van der Waals surface area (Å²) in [5, 5.41) is 0. The van der Waals surface area contributed by atoms with Crippen molar-refractivity contribution in [3.05, 3.63) is 0 Å². The van der Waals surface area contributed by atoms with E-state index in [9.17, 15) is 0 Å². The highest BCUT2D eigenvalue weighted by atomic mass is 31.1. The summed E-state index contributed by atoms with van der Waals surface area (Å²) in [5.41, 5.74) is 0. The predicted octanol–water partition coefficient (Wildman–Crippen LogP) is 8.38. The van der Waals surface area contributed by atoms with Crippen molar-refractivity contribution in [2.75, 3.05) is 18.5 Å². The molecule has 0 aromatic heterocycles. The van der Waals surface area contributed by atoms with Crippen molar-refractivity contribution < 1.29 is 0 Å². The van der Waals surface area contributed by atoms with Crippen LogP contribution in [0.1, 0.15) is 117 Å². The maximum atomic E-state index is 2.39. The molecular weight excluding hydrogens is 283 g/mol. The summed E-state index contributed by atoms with van der Waals surface area (Å²) in [7, 11) is 0.401. The predicted molar refractivity (Wildman–Crippen MR) is 108 cm³/mol. The van der Waals surface area contributed by atoms with Crippen molar-refractivity contribution >= 4 is 7.92 Å². The largest absolute Gasteiger partial charge is 0.107 e. The average Bonchev–Trinajstić information content (AvgIpc) is 2.54. The highest BCUT2D eigenvalue weighted by Crippen LogP contribution is 2.36. The third-order valence-electron chi connectivity index (χ3n) is 4.81. The fourth-order valence-corrected chi connectivity index (χ4v) is 5.43. The van der Waals surface area contributed by atoms with E-state index in [0.717, 1.165) is 0 Å². The van der Waals surface area contributed by atoms with Crippen LogP contribution in [-0.4, -0.2) is 18.5 Å². The van der Waals surface area contributed by atoms with E-state index in [0.29, 0.717) is 7.92 Å². The zero-order chi connectivity index (χ0) is 16.3. The minimum Gasteiger partial charge on any atom is -0.107 e. The summed E-state index contributed by atoms with van der Waals surface area (Å²) in [5.74, 6) is 0. The second-order valence-corrected chi connectivity index (χ2v) is 9.90. The van der Waals surface area contributed by atoms with Crippen molar-refractivity contribution in [3.8, 4) is 0 Å². The van der Waals surface area contributed by atoms with Gasteiger partial charge in [0, 0.05) is 0 Å². The van der Waals surface area contributed by atoms with Crippen molar-refractivity contribution in [3.63, 3.8) is 0 Å². The molecule has 0 aromatic rings. The summed E-state index contributed by atoms with van der Waals surface area (Å²) in [6.07, 6.45) is 26.6. The van der Waals surface area contributed by atoms with Crippen molar-refractivity contribution in [2.45, 2.75) is 117 Å². The monoisotopic (exact) mass is 328 g/mol.